The number of hydrogen-bond donors (Lipinski definition) is 2. The molecule has 0 aliphatic carbocycles. The maximum atomic E-state index is 14.0. The Labute approximate surface area is 207 Å². The van der Waals surface area contributed by atoms with Gasteiger partial charge in [-0.3, -0.25) is 4.98 Å². The van der Waals surface area contributed by atoms with Crippen LogP contribution in [0.25, 0.3) is 16.7 Å². The second-order valence-corrected chi connectivity index (χ2v) is 8.60. The SMILES string of the molecule is CCOc1cc(-c2cnc(N)c(OC(C)c3c(Cl)ccc(F)c3Cl)c2)cnc1C1=CCNCC1. The molecular formula is C25H25Cl2FN4O2. The van der Waals surface area contributed by atoms with Gasteiger partial charge in [0.05, 0.1) is 11.6 Å². The smallest absolute Gasteiger partial charge is 0.166 e. The van der Waals surface area contributed by atoms with Crippen LogP contribution in [0.5, 0.6) is 11.5 Å². The van der Waals surface area contributed by atoms with Gasteiger partial charge >= 0.3 is 0 Å². The van der Waals surface area contributed by atoms with Gasteiger partial charge in [0.15, 0.2) is 11.6 Å². The predicted octanol–water partition coefficient (Wildman–Crippen LogP) is 6.09. The molecule has 4 rings (SSSR count). The molecule has 3 aromatic rings. The zero-order valence-electron chi connectivity index (χ0n) is 18.9. The Bertz CT molecular complexity index is 1240. The Morgan fingerprint density at radius 2 is 1.88 bits per heavy atom. The van der Waals surface area contributed by atoms with E-state index in [0.717, 1.165) is 41.9 Å². The molecule has 6 nitrogen and oxygen atoms in total. The molecule has 3 heterocycles. The van der Waals surface area contributed by atoms with E-state index in [1.54, 1.807) is 25.4 Å². The van der Waals surface area contributed by atoms with Gasteiger partial charge in [0.1, 0.15) is 23.4 Å². The molecule has 2 aromatic heterocycles. The van der Waals surface area contributed by atoms with Crippen molar-refractivity contribution in [2.75, 3.05) is 25.4 Å². The number of nitrogens with zero attached hydrogens (tertiary/aromatic N) is 2. The minimum Gasteiger partial charge on any atom is -0.492 e. The van der Waals surface area contributed by atoms with Crippen molar-refractivity contribution in [2.24, 2.45) is 0 Å². The molecule has 1 aromatic carbocycles. The minimum absolute atomic E-state index is 0.0870. The Morgan fingerprint density at radius 3 is 2.59 bits per heavy atom. The molecule has 0 fully saturated rings. The molecule has 1 aliphatic heterocycles. The van der Waals surface area contributed by atoms with Crippen molar-refractivity contribution in [3.63, 3.8) is 0 Å². The molecule has 0 saturated heterocycles. The standard InChI is InChI=1S/C25H25Cl2FN4O2/c1-3-33-20-10-16(12-31-24(20)15-6-8-30-9-7-15)17-11-21(25(29)32-13-17)34-14(2)22-18(26)4-5-19(28)23(22)27/h4-6,10-14,30H,3,7-9H2,1-2H3,(H2,29,32). The summed E-state index contributed by atoms with van der Waals surface area (Å²) in [7, 11) is 0. The van der Waals surface area contributed by atoms with Gasteiger partial charge in [-0.15, -0.1) is 0 Å². The van der Waals surface area contributed by atoms with E-state index in [9.17, 15) is 4.39 Å². The zero-order valence-corrected chi connectivity index (χ0v) is 20.4. The van der Waals surface area contributed by atoms with Crippen LogP contribution in [0.15, 0.2) is 42.7 Å². The van der Waals surface area contributed by atoms with Crippen molar-refractivity contribution >= 4 is 34.6 Å². The second kappa shape index (κ2) is 10.6. The fourth-order valence-electron chi connectivity index (χ4n) is 3.82. The summed E-state index contributed by atoms with van der Waals surface area (Å²) in [6.07, 6.45) is 5.78. The molecule has 0 spiro atoms. The van der Waals surface area contributed by atoms with Gasteiger partial charge in [0.2, 0.25) is 0 Å². The van der Waals surface area contributed by atoms with Gasteiger partial charge in [-0.25, -0.2) is 9.37 Å². The molecule has 9 heteroatoms. The van der Waals surface area contributed by atoms with E-state index < -0.39 is 11.9 Å². The molecule has 1 atom stereocenters. The van der Waals surface area contributed by atoms with Crippen LogP contribution in [-0.2, 0) is 0 Å². The largest absolute Gasteiger partial charge is 0.492 e. The Morgan fingerprint density at radius 1 is 1.15 bits per heavy atom. The Hall–Kier alpha value is -2.87. The van der Waals surface area contributed by atoms with Gasteiger partial charge < -0.3 is 20.5 Å². The van der Waals surface area contributed by atoms with Gasteiger partial charge in [0, 0.05) is 40.7 Å². The highest BCUT2D eigenvalue weighted by Gasteiger charge is 2.21. The van der Waals surface area contributed by atoms with Crippen LogP contribution < -0.4 is 20.5 Å². The molecule has 0 amide bonds. The highest BCUT2D eigenvalue weighted by atomic mass is 35.5. The summed E-state index contributed by atoms with van der Waals surface area (Å²) in [4.78, 5) is 8.97. The van der Waals surface area contributed by atoms with Crippen molar-refractivity contribution < 1.29 is 13.9 Å². The number of nitrogen functional groups attached to an aromatic ring is 1. The molecule has 0 bridgehead atoms. The first-order valence-electron chi connectivity index (χ1n) is 11.0. The number of aromatic nitrogens is 2. The van der Waals surface area contributed by atoms with Crippen LogP contribution in [0, 0.1) is 5.82 Å². The van der Waals surface area contributed by atoms with E-state index in [0.29, 0.717) is 28.7 Å². The summed E-state index contributed by atoms with van der Waals surface area (Å²) in [6.45, 7) is 5.89. The molecule has 1 aliphatic rings. The third-order valence-electron chi connectivity index (χ3n) is 5.53. The number of nitrogens with two attached hydrogens (primary N) is 1. The normalized spacial score (nSPS) is 14.4. The molecule has 0 radical (unpaired) electrons. The van der Waals surface area contributed by atoms with E-state index in [-0.39, 0.29) is 10.8 Å². The van der Waals surface area contributed by atoms with Crippen LogP contribution in [0.4, 0.5) is 10.2 Å². The van der Waals surface area contributed by atoms with Gasteiger partial charge in [0.25, 0.3) is 0 Å². The first-order valence-corrected chi connectivity index (χ1v) is 11.7. The van der Waals surface area contributed by atoms with E-state index >= 15 is 0 Å². The van der Waals surface area contributed by atoms with Crippen molar-refractivity contribution in [3.05, 3.63) is 69.9 Å². The highest BCUT2D eigenvalue weighted by Crippen LogP contribution is 2.38. The van der Waals surface area contributed by atoms with Crippen molar-refractivity contribution in [1.82, 2.24) is 15.3 Å². The first-order chi connectivity index (χ1) is 16.4. The fourth-order valence-corrected chi connectivity index (χ4v) is 4.50. The fraction of sp³-hybridized carbons (Fsp3) is 0.280. The average molecular weight is 503 g/mol. The topological polar surface area (TPSA) is 82.3 Å². The summed E-state index contributed by atoms with van der Waals surface area (Å²) in [5, 5.41) is 3.52. The van der Waals surface area contributed by atoms with Crippen LogP contribution >= 0.6 is 23.2 Å². The minimum atomic E-state index is -0.665. The van der Waals surface area contributed by atoms with Crippen LogP contribution in [-0.4, -0.2) is 29.7 Å². The van der Waals surface area contributed by atoms with E-state index in [1.165, 1.54) is 12.1 Å². The molecule has 0 saturated carbocycles. The van der Waals surface area contributed by atoms with Crippen molar-refractivity contribution in [1.29, 1.82) is 0 Å². The highest BCUT2D eigenvalue weighted by molar-refractivity contribution is 6.36. The number of hydrogen-bond acceptors (Lipinski definition) is 6. The van der Waals surface area contributed by atoms with E-state index in [2.05, 4.69) is 16.4 Å². The van der Waals surface area contributed by atoms with E-state index in [1.807, 2.05) is 13.0 Å². The molecule has 34 heavy (non-hydrogen) atoms. The summed E-state index contributed by atoms with van der Waals surface area (Å²) in [5.41, 5.74) is 9.95. The lowest BCUT2D eigenvalue weighted by Crippen LogP contribution is -2.20. The lowest BCUT2D eigenvalue weighted by Gasteiger charge is -2.20. The van der Waals surface area contributed by atoms with Crippen LogP contribution in [0.2, 0.25) is 10.0 Å². The number of pyridine rings is 2. The first kappa shape index (κ1) is 24.3. The summed E-state index contributed by atoms with van der Waals surface area (Å²) in [6, 6.07) is 6.35. The number of anilines is 1. The Kier molecular flexibility index (Phi) is 7.56. The summed E-state index contributed by atoms with van der Waals surface area (Å²) < 4.78 is 25.9. The van der Waals surface area contributed by atoms with Gasteiger partial charge in [-0.2, -0.15) is 0 Å². The monoisotopic (exact) mass is 502 g/mol. The Balaban J connectivity index is 1.66. The van der Waals surface area contributed by atoms with Crippen LogP contribution in [0.1, 0.15) is 37.6 Å². The average Bonchev–Trinajstić information content (AvgIpc) is 2.84. The third kappa shape index (κ3) is 5.12. The lowest BCUT2D eigenvalue weighted by atomic mass is 10.0. The van der Waals surface area contributed by atoms with Crippen molar-refractivity contribution in [2.45, 2.75) is 26.4 Å². The lowest BCUT2D eigenvalue weighted by molar-refractivity contribution is 0.227. The maximum Gasteiger partial charge on any atom is 0.166 e. The summed E-state index contributed by atoms with van der Waals surface area (Å²) >= 11 is 12.4. The number of nitrogens with one attached hydrogen (secondary N) is 1. The number of benzene rings is 1. The second-order valence-electron chi connectivity index (χ2n) is 7.81. The molecule has 1 unspecified atom stereocenters. The number of halogens is 3. The number of ether oxygens (including phenoxy) is 2. The third-order valence-corrected chi connectivity index (χ3v) is 6.24. The number of rotatable bonds is 7. The van der Waals surface area contributed by atoms with Crippen LogP contribution in [0.3, 0.4) is 0 Å². The zero-order chi connectivity index (χ0) is 24.2. The molecule has 3 N–H and O–H groups in total. The predicted molar refractivity (Wildman–Crippen MR) is 134 cm³/mol. The van der Waals surface area contributed by atoms with E-state index in [4.69, 9.17) is 43.4 Å². The summed E-state index contributed by atoms with van der Waals surface area (Å²) in [5.74, 6) is 0.646. The van der Waals surface area contributed by atoms with Gasteiger partial charge in [-0.1, -0.05) is 29.3 Å². The quantitative estimate of drug-likeness (QED) is 0.380. The maximum absolute atomic E-state index is 14.0. The van der Waals surface area contributed by atoms with Crippen molar-refractivity contribution in [3.8, 4) is 22.6 Å². The molecular weight excluding hydrogens is 478 g/mol. The molecule has 178 valence electrons. The van der Waals surface area contributed by atoms with Gasteiger partial charge in [-0.05, 0) is 56.7 Å².